The Hall–Kier alpha value is -1.36. The number of hydrogen-bond acceptors (Lipinski definition) is 2. The SMILES string of the molecule is C=C(C)CC=N/C(C#N)=C\C. The van der Waals surface area contributed by atoms with Crippen LogP contribution in [0.3, 0.4) is 0 Å². The van der Waals surface area contributed by atoms with Crippen LogP contribution in [0.5, 0.6) is 0 Å². The van der Waals surface area contributed by atoms with Crippen molar-refractivity contribution < 1.29 is 0 Å². The van der Waals surface area contributed by atoms with E-state index in [-0.39, 0.29) is 0 Å². The molecule has 0 N–H and O–H groups in total. The molecular formula is C9H12N2. The average molecular weight is 148 g/mol. The Morgan fingerprint density at radius 3 is 2.73 bits per heavy atom. The Balaban J connectivity index is 3.94. The van der Waals surface area contributed by atoms with Gasteiger partial charge in [-0.05, 0) is 13.8 Å². The van der Waals surface area contributed by atoms with Crippen molar-refractivity contribution in [2.24, 2.45) is 4.99 Å². The van der Waals surface area contributed by atoms with Crippen molar-refractivity contribution in [3.05, 3.63) is 23.9 Å². The molecule has 0 aromatic rings. The minimum absolute atomic E-state index is 0.450. The third-order valence-electron chi connectivity index (χ3n) is 1.06. The van der Waals surface area contributed by atoms with Gasteiger partial charge < -0.3 is 0 Å². The third-order valence-corrected chi connectivity index (χ3v) is 1.06. The first-order valence-electron chi connectivity index (χ1n) is 3.44. The van der Waals surface area contributed by atoms with Gasteiger partial charge in [-0.3, -0.25) is 0 Å². The molecule has 0 aliphatic rings. The van der Waals surface area contributed by atoms with Crippen molar-refractivity contribution in [3.8, 4) is 6.07 Å². The van der Waals surface area contributed by atoms with Gasteiger partial charge in [0.2, 0.25) is 0 Å². The van der Waals surface area contributed by atoms with Gasteiger partial charge >= 0.3 is 0 Å². The van der Waals surface area contributed by atoms with Crippen LogP contribution in [0.25, 0.3) is 0 Å². The Bertz CT molecular complexity index is 228. The van der Waals surface area contributed by atoms with Gasteiger partial charge in [-0.1, -0.05) is 18.2 Å². The van der Waals surface area contributed by atoms with E-state index in [0.717, 1.165) is 12.0 Å². The molecule has 0 radical (unpaired) electrons. The van der Waals surface area contributed by atoms with Crippen LogP contribution in [0.4, 0.5) is 0 Å². The number of nitrogens with zero attached hydrogens (tertiary/aromatic N) is 2. The number of allylic oxidation sites excluding steroid dienone is 3. The van der Waals surface area contributed by atoms with E-state index in [1.165, 1.54) is 0 Å². The first-order valence-corrected chi connectivity index (χ1v) is 3.44. The smallest absolute Gasteiger partial charge is 0.135 e. The van der Waals surface area contributed by atoms with Gasteiger partial charge in [-0.2, -0.15) is 5.26 Å². The maximum absolute atomic E-state index is 8.44. The van der Waals surface area contributed by atoms with Crippen LogP contribution in [0.2, 0.25) is 0 Å². The fourth-order valence-electron chi connectivity index (χ4n) is 0.468. The number of aliphatic imine (C=N–C) groups is 1. The molecule has 0 amide bonds. The standard InChI is InChI=1S/C9H12N2/c1-4-9(7-10)11-6-5-8(2)3/h4,6H,2,5H2,1,3H3/b9-4-,11-6?. The highest BCUT2D eigenvalue weighted by Crippen LogP contribution is 1.95. The van der Waals surface area contributed by atoms with Crippen LogP contribution in [-0.2, 0) is 0 Å². The van der Waals surface area contributed by atoms with E-state index in [4.69, 9.17) is 5.26 Å². The van der Waals surface area contributed by atoms with Crippen LogP contribution < -0.4 is 0 Å². The molecule has 0 aliphatic carbocycles. The normalized spacial score (nSPS) is 11.5. The van der Waals surface area contributed by atoms with E-state index in [9.17, 15) is 0 Å². The number of hydrogen-bond donors (Lipinski definition) is 0. The summed E-state index contributed by atoms with van der Waals surface area (Å²) in [6, 6.07) is 1.96. The largest absolute Gasteiger partial charge is 0.250 e. The summed E-state index contributed by atoms with van der Waals surface area (Å²) in [6.45, 7) is 7.42. The van der Waals surface area contributed by atoms with Crippen LogP contribution in [0.15, 0.2) is 28.9 Å². The number of nitriles is 1. The van der Waals surface area contributed by atoms with Crippen LogP contribution >= 0.6 is 0 Å². The molecule has 0 saturated heterocycles. The monoisotopic (exact) mass is 148 g/mol. The molecule has 0 aromatic heterocycles. The Labute approximate surface area is 67.6 Å². The summed E-state index contributed by atoms with van der Waals surface area (Å²) in [5.41, 5.74) is 1.49. The van der Waals surface area contributed by atoms with Gasteiger partial charge in [0.25, 0.3) is 0 Å². The zero-order valence-corrected chi connectivity index (χ0v) is 6.96. The van der Waals surface area contributed by atoms with Crippen molar-refractivity contribution >= 4 is 6.21 Å². The first-order chi connectivity index (χ1) is 5.20. The Morgan fingerprint density at radius 1 is 1.73 bits per heavy atom. The minimum atomic E-state index is 0.450. The van der Waals surface area contributed by atoms with E-state index in [2.05, 4.69) is 11.6 Å². The zero-order valence-electron chi connectivity index (χ0n) is 6.96. The van der Waals surface area contributed by atoms with E-state index in [1.54, 1.807) is 19.2 Å². The van der Waals surface area contributed by atoms with E-state index < -0.39 is 0 Å². The summed E-state index contributed by atoms with van der Waals surface area (Å²) in [6.07, 6.45) is 4.11. The van der Waals surface area contributed by atoms with Crippen molar-refractivity contribution in [2.45, 2.75) is 20.3 Å². The molecule has 11 heavy (non-hydrogen) atoms. The highest BCUT2D eigenvalue weighted by atomic mass is 14.7. The van der Waals surface area contributed by atoms with Crippen molar-refractivity contribution in [1.82, 2.24) is 0 Å². The molecule has 58 valence electrons. The minimum Gasteiger partial charge on any atom is -0.250 e. The lowest BCUT2D eigenvalue weighted by Crippen LogP contribution is -1.78. The Kier molecular flexibility index (Phi) is 4.76. The summed E-state index contributed by atoms with van der Waals surface area (Å²) >= 11 is 0. The predicted molar refractivity (Wildman–Crippen MR) is 47.3 cm³/mol. The topological polar surface area (TPSA) is 36.1 Å². The summed E-state index contributed by atoms with van der Waals surface area (Å²) in [5.74, 6) is 0. The molecule has 0 bridgehead atoms. The summed E-state index contributed by atoms with van der Waals surface area (Å²) < 4.78 is 0. The van der Waals surface area contributed by atoms with E-state index in [0.29, 0.717) is 5.70 Å². The molecule has 0 saturated carbocycles. The average Bonchev–Trinajstić information content (AvgIpc) is 1.98. The van der Waals surface area contributed by atoms with E-state index >= 15 is 0 Å². The quantitative estimate of drug-likeness (QED) is 0.344. The highest BCUT2D eigenvalue weighted by Gasteiger charge is 1.85. The van der Waals surface area contributed by atoms with Gasteiger partial charge in [-0.25, -0.2) is 4.99 Å². The molecule has 0 spiro atoms. The molecule has 0 rings (SSSR count). The summed E-state index contributed by atoms with van der Waals surface area (Å²) in [7, 11) is 0. The lowest BCUT2D eigenvalue weighted by molar-refractivity contribution is 1.28. The molecule has 2 heteroatoms. The van der Waals surface area contributed by atoms with Crippen molar-refractivity contribution in [3.63, 3.8) is 0 Å². The van der Waals surface area contributed by atoms with Crippen LogP contribution in [0.1, 0.15) is 20.3 Å². The maximum atomic E-state index is 8.44. The molecule has 2 nitrogen and oxygen atoms in total. The zero-order chi connectivity index (χ0) is 8.69. The van der Waals surface area contributed by atoms with Crippen LogP contribution in [-0.4, -0.2) is 6.21 Å². The summed E-state index contributed by atoms with van der Waals surface area (Å²) in [4.78, 5) is 3.92. The Morgan fingerprint density at radius 2 is 2.36 bits per heavy atom. The summed E-state index contributed by atoms with van der Waals surface area (Å²) in [5, 5.41) is 8.44. The second-order valence-electron chi connectivity index (χ2n) is 2.26. The van der Waals surface area contributed by atoms with Crippen molar-refractivity contribution in [2.75, 3.05) is 0 Å². The predicted octanol–water partition coefficient (Wildman–Crippen LogP) is 2.45. The second kappa shape index (κ2) is 5.43. The first kappa shape index (κ1) is 9.64. The molecular weight excluding hydrogens is 136 g/mol. The third kappa shape index (κ3) is 5.10. The molecule has 0 aliphatic heterocycles. The maximum Gasteiger partial charge on any atom is 0.135 e. The molecule has 0 heterocycles. The highest BCUT2D eigenvalue weighted by molar-refractivity contribution is 5.62. The van der Waals surface area contributed by atoms with Gasteiger partial charge in [-0.15, -0.1) is 0 Å². The lowest BCUT2D eigenvalue weighted by Gasteiger charge is -1.88. The molecule has 0 aromatic carbocycles. The number of rotatable bonds is 3. The van der Waals surface area contributed by atoms with Gasteiger partial charge in [0, 0.05) is 12.6 Å². The fraction of sp³-hybridized carbons (Fsp3) is 0.333. The van der Waals surface area contributed by atoms with Crippen LogP contribution in [0, 0.1) is 11.3 Å². The lowest BCUT2D eigenvalue weighted by atomic mass is 10.3. The van der Waals surface area contributed by atoms with Gasteiger partial charge in [0.15, 0.2) is 0 Å². The van der Waals surface area contributed by atoms with Crippen molar-refractivity contribution in [1.29, 1.82) is 5.26 Å². The van der Waals surface area contributed by atoms with E-state index in [1.807, 2.05) is 13.0 Å². The molecule has 0 atom stereocenters. The second-order valence-corrected chi connectivity index (χ2v) is 2.26. The fourth-order valence-corrected chi connectivity index (χ4v) is 0.468. The molecule has 0 unspecified atom stereocenters. The van der Waals surface area contributed by atoms with Gasteiger partial charge in [0.1, 0.15) is 11.8 Å². The van der Waals surface area contributed by atoms with Gasteiger partial charge in [0.05, 0.1) is 0 Å². The molecule has 0 fully saturated rings.